The van der Waals surface area contributed by atoms with E-state index in [0.29, 0.717) is 6.42 Å². The van der Waals surface area contributed by atoms with Crippen molar-refractivity contribution in [3.8, 4) is 17.6 Å². The maximum Gasteiger partial charge on any atom is 1.00 e. The number of rotatable bonds is 25. The van der Waals surface area contributed by atoms with Gasteiger partial charge in [0.05, 0.1) is 49.1 Å². The van der Waals surface area contributed by atoms with Crippen molar-refractivity contribution in [3.05, 3.63) is 23.8 Å². The number of aliphatic hydroxyl groups is 6. The molecule has 28 heteroatoms. The number of nitrogens with one attached hydrogen (secondary N) is 5. The van der Waals surface area contributed by atoms with Gasteiger partial charge in [-0.3, -0.25) is 38.6 Å². The Bertz CT molecular complexity index is 2180. The van der Waals surface area contributed by atoms with Crippen molar-refractivity contribution in [1.82, 2.24) is 36.4 Å². The van der Waals surface area contributed by atoms with E-state index in [1.54, 1.807) is 6.07 Å². The second-order valence-electron chi connectivity index (χ2n) is 20.5. The molecular weight excluding hydrogens is 1070 g/mol. The molecule has 0 radical (unpaired) electrons. The number of carbonyl (C=O) groups is 7. The smallest absolute Gasteiger partial charge is 0.691 e. The van der Waals surface area contributed by atoms with Crippen molar-refractivity contribution in [3.63, 3.8) is 0 Å². The summed E-state index contributed by atoms with van der Waals surface area (Å²) < 4.78 is 9.13. The van der Waals surface area contributed by atoms with E-state index in [-0.39, 0.29) is 66.2 Å². The third-order valence-electron chi connectivity index (χ3n) is 14.2. The van der Waals surface area contributed by atoms with Gasteiger partial charge in [-0.2, -0.15) is 5.26 Å². The average Bonchev–Trinajstić information content (AvgIpc) is 4.01. The zero-order chi connectivity index (χ0) is 57.5. The van der Waals surface area contributed by atoms with E-state index in [9.17, 15) is 79.8 Å². The molecule has 1 aromatic carbocycles. The number of nitriles is 1. The molecule has 1 aromatic rings. The number of carbonyl (C=O) groups excluding carboxylic acids is 7. The summed E-state index contributed by atoms with van der Waals surface area (Å²) in [4.78, 5) is 101. The average molecular weight is 1150 g/mol. The number of aliphatic hydroxyl groups excluding tert-OH is 6. The Labute approximate surface area is 486 Å². The van der Waals surface area contributed by atoms with Gasteiger partial charge in [0.1, 0.15) is 36.3 Å². The molecule has 3 fully saturated rings. The number of hydrogen-bond donors (Lipinski definition) is 12. The first-order valence-corrected chi connectivity index (χ1v) is 27.6. The minimum atomic E-state index is -2.13. The zero-order valence-electron chi connectivity index (χ0n) is 45.5. The summed E-state index contributed by atoms with van der Waals surface area (Å²) in [5.41, 5.74) is 0.109. The maximum atomic E-state index is 14.5. The van der Waals surface area contributed by atoms with Crippen molar-refractivity contribution in [2.24, 2.45) is 5.92 Å². The van der Waals surface area contributed by atoms with E-state index >= 15 is 0 Å². The Kier molecular flexibility index (Phi) is 30.9. The first kappa shape index (κ1) is 68.9. The largest absolute Gasteiger partial charge is 1.00 e. The summed E-state index contributed by atoms with van der Waals surface area (Å²) in [7, 11) is 0. The van der Waals surface area contributed by atoms with Crippen molar-refractivity contribution in [2.75, 3.05) is 19.6 Å². The van der Waals surface area contributed by atoms with Gasteiger partial charge in [-0.05, 0) is 31.0 Å². The van der Waals surface area contributed by atoms with Crippen LogP contribution in [0.1, 0.15) is 135 Å². The number of phenolic OH excluding ortho intramolecular Hbond substituents is 1. The summed E-state index contributed by atoms with van der Waals surface area (Å²) in [6.45, 7) is 3.34. The molecule has 3 saturated heterocycles. The first-order chi connectivity index (χ1) is 37.2. The minimum Gasteiger partial charge on any atom is -0.691 e. The van der Waals surface area contributed by atoms with Crippen LogP contribution in [0.25, 0.3) is 0 Å². The molecule has 0 spiro atoms. The van der Waals surface area contributed by atoms with Gasteiger partial charge in [0.25, 0.3) is 12.3 Å². The van der Waals surface area contributed by atoms with Crippen LogP contribution >= 0.6 is 12.3 Å². The fraction of sp³-hybridized carbons (Fsp3) is 0.725. The van der Waals surface area contributed by atoms with Crippen LogP contribution in [0.15, 0.2) is 18.2 Å². The predicted molar refractivity (Wildman–Crippen MR) is 275 cm³/mol. The summed E-state index contributed by atoms with van der Waals surface area (Å²) in [6.07, 6.45) is 1.24. The monoisotopic (exact) mass is 1150 g/mol. The van der Waals surface area contributed by atoms with Crippen molar-refractivity contribution >= 4 is 53.7 Å². The Hall–Kier alpha value is -4.41. The molecule has 3 aliphatic rings. The van der Waals surface area contributed by atoms with Crippen molar-refractivity contribution < 1.29 is 118 Å². The molecule has 4 rings (SSSR count). The van der Waals surface area contributed by atoms with Gasteiger partial charge in [-0.15, -0.1) is 4.33 Å². The van der Waals surface area contributed by atoms with E-state index in [0.717, 1.165) is 61.0 Å². The summed E-state index contributed by atoms with van der Waals surface area (Å²) in [5.74, 6) is -9.11. The molecule has 7 amide bonds. The van der Waals surface area contributed by atoms with Crippen LogP contribution in [0.5, 0.6) is 11.5 Å². The quantitative estimate of drug-likeness (QED) is 0.0145. The summed E-state index contributed by atoms with van der Waals surface area (Å²) in [5, 5.41) is 113. The van der Waals surface area contributed by atoms with E-state index in [1.165, 1.54) is 57.9 Å². The third-order valence-corrected chi connectivity index (χ3v) is 14.6. The number of benzene rings is 1. The third kappa shape index (κ3) is 21.5. The normalized spacial score (nSPS) is 26.6. The molecular formula is C51H79N8NaO18S. The molecule has 3 aliphatic heterocycles. The summed E-state index contributed by atoms with van der Waals surface area (Å²) >= 11 is 0.0157. The van der Waals surface area contributed by atoms with E-state index in [1.807, 2.05) is 0 Å². The Morgan fingerprint density at radius 2 is 1.39 bits per heavy atom. The number of β-amino-alcohol motifs (C(OH)–C–C–N with tert-alkyl or cyclic N) is 1. The topological polar surface area (TPSA) is 402 Å². The van der Waals surface area contributed by atoms with Crippen LogP contribution < -0.4 is 65.6 Å². The molecule has 3 heterocycles. The molecule has 0 saturated carbocycles. The van der Waals surface area contributed by atoms with Crippen LogP contribution in [0.3, 0.4) is 0 Å². The van der Waals surface area contributed by atoms with Gasteiger partial charge < -0.3 is 81.6 Å². The standard InChI is InChI=1S/C51H80N8O18S.Na/c1-4-5-6-7-8-9-10-11-12-13-14-15-16-17-40(66)54-34-24-32(61)26-53-49(71)44-45(67)29(2)27-59(44)51(73)43(37(64)20-21-52)57-48(70)42(38(65)22-31-18-19-36(63)39(23-31)75-78-77-76-74)56-47(69)35-25-33(62)28-58(35)50(72)41(30(3)60)55-46(34)68;/h18-19,23,29-30,32-35,37-38,41-45,60-65,67,74H,4-17,20,22,24-28H2,1-3H3,(H,53,71)(H,54,66)(H,55,68)(H,56,69)(H,57,70);/q;+1/p-1/t29-,30+,32+,33+,34+,35+,37-,38-,41+,42+,43+,44+,45+;/m1./s1. The first-order valence-electron chi connectivity index (χ1n) is 26.9. The number of unbranched alkanes of at least 4 members (excludes halogenated alkanes) is 12. The second kappa shape index (κ2) is 35.4. The van der Waals surface area contributed by atoms with Gasteiger partial charge in [-0.25, -0.2) is 0 Å². The Morgan fingerprint density at radius 3 is 2.00 bits per heavy atom. The van der Waals surface area contributed by atoms with Gasteiger partial charge in [0.2, 0.25) is 41.4 Å². The van der Waals surface area contributed by atoms with E-state index in [4.69, 9.17) is 4.18 Å². The molecule has 0 aliphatic carbocycles. The number of phenols is 1. The molecule has 0 unspecified atom stereocenters. The molecule has 0 aromatic heterocycles. The minimum absolute atomic E-state index is 0. The number of nitrogens with zero attached hydrogens (tertiary/aromatic N) is 3. The van der Waals surface area contributed by atoms with Crippen LogP contribution in [0, 0.1) is 17.2 Å². The maximum absolute atomic E-state index is 14.5. The van der Waals surface area contributed by atoms with Gasteiger partial charge in [0.15, 0.2) is 11.5 Å². The molecule has 13 atom stereocenters. The Balaban J connectivity index is 0.0000164. The van der Waals surface area contributed by atoms with Gasteiger partial charge >= 0.3 is 29.6 Å². The van der Waals surface area contributed by atoms with E-state index in [2.05, 4.69) is 42.9 Å². The van der Waals surface area contributed by atoms with Crippen LogP contribution in [0.2, 0.25) is 0 Å². The molecule has 0 bridgehead atoms. The molecule has 438 valence electrons. The molecule has 26 nitrogen and oxygen atoms in total. The fourth-order valence-electron chi connectivity index (χ4n) is 9.87. The van der Waals surface area contributed by atoms with Gasteiger partial charge in [-0.1, -0.05) is 97.0 Å². The number of amides is 7. The number of fused-ring (bicyclic) bond motifs is 2. The van der Waals surface area contributed by atoms with Crippen molar-refractivity contribution in [2.45, 2.75) is 209 Å². The second-order valence-corrected chi connectivity index (χ2v) is 21.0. The Morgan fingerprint density at radius 1 is 0.797 bits per heavy atom. The molecule has 79 heavy (non-hydrogen) atoms. The number of hydrogen-bond acceptors (Lipinski definition) is 20. The fourth-order valence-corrected chi connectivity index (χ4v) is 10.1. The summed E-state index contributed by atoms with van der Waals surface area (Å²) in [6, 6.07) is -5.85. The molecule has 12 N–H and O–H groups in total. The number of aromatic hydroxyl groups is 1. The van der Waals surface area contributed by atoms with Crippen molar-refractivity contribution in [1.29, 1.82) is 5.26 Å². The van der Waals surface area contributed by atoms with Gasteiger partial charge in [0, 0.05) is 51.2 Å². The van der Waals surface area contributed by atoms with Crippen LogP contribution in [-0.4, -0.2) is 179 Å². The van der Waals surface area contributed by atoms with Crippen LogP contribution in [0.4, 0.5) is 0 Å². The van der Waals surface area contributed by atoms with Crippen LogP contribution in [-0.2, 0) is 49.4 Å². The van der Waals surface area contributed by atoms with E-state index < -0.39 is 165 Å². The SMILES string of the molecule is CCCCCCCCCCCCCCCC(=O)N[C@H]1C[C@H](O)CNC(=O)[C@@H]2[C@@H](O)[C@H](C)CN2C(=O)[C@H]([C@H](O)CC#N)NC(=O)[C@H]([C@H](O)Cc2ccc(O)c(OSOO[O-])c2)NC(=O)[C@@H]2C[C@H](O)CN2C(=O)[C@H]([C@H](C)O)NC1=O.[Na+]. The predicted octanol–water partition coefficient (Wildman–Crippen LogP) is -4.41. The zero-order valence-corrected chi connectivity index (χ0v) is 48.3.